The maximum atomic E-state index is 13.8. The van der Waals surface area contributed by atoms with E-state index < -0.39 is 0 Å². The molecule has 2 N–H and O–H groups in total. The second kappa shape index (κ2) is 5.49. The number of rotatable bonds is 5. The highest BCUT2D eigenvalue weighted by molar-refractivity contribution is 5.58. The third-order valence-electron chi connectivity index (χ3n) is 3.66. The molecule has 0 aliphatic heterocycles. The Morgan fingerprint density at radius 1 is 1.32 bits per heavy atom. The molecular weight excluding hydrogens is 239 g/mol. The number of nitrogens with zero attached hydrogens (tertiary/aromatic N) is 1. The van der Waals surface area contributed by atoms with Crippen LogP contribution in [-0.2, 0) is 0 Å². The minimum absolute atomic E-state index is 0.140. The van der Waals surface area contributed by atoms with E-state index in [1.165, 1.54) is 12.8 Å². The zero-order valence-corrected chi connectivity index (χ0v) is 12.4. The third-order valence-corrected chi connectivity index (χ3v) is 3.66. The van der Waals surface area contributed by atoms with Crippen LogP contribution in [0.15, 0.2) is 12.1 Å². The SMILES string of the molecule is Cc1cc(N(CC(C)C)C2CC2)c(C(C)N)cc1F. The van der Waals surface area contributed by atoms with E-state index in [0.717, 1.165) is 17.8 Å². The van der Waals surface area contributed by atoms with Gasteiger partial charge in [-0.3, -0.25) is 0 Å². The van der Waals surface area contributed by atoms with Crippen LogP contribution in [0, 0.1) is 18.7 Å². The van der Waals surface area contributed by atoms with Gasteiger partial charge in [-0.15, -0.1) is 0 Å². The average Bonchev–Trinajstić information content (AvgIpc) is 3.12. The van der Waals surface area contributed by atoms with Crippen molar-refractivity contribution in [2.75, 3.05) is 11.4 Å². The zero-order chi connectivity index (χ0) is 14.2. The molecule has 0 spiro atoms. The normalized spacial score (nSPS) is 16.8. The molecule has 1 fully saturated rings. The number of halogens is 1. The van der Waals surface area contributed by atoms with Crippen LogP contribution in [0.25, 0.3) is 0 Å². The molecule has 1 saturated carbocycles. The summed E-state index contributed by atoms with van der Waals surface area (Å²) in [5.41, 5.74) is 8.79. The molecule has 0 saturated heterocycles. The molecule has 19 heavy (non-hydrogen) atoms. The Hall–Kier alpha value is -1.09. The summed E-state index contributed by atoms with van der Waals surface area (Å²) in [4.78, 5) is 2.43. The predicted octanol–water partition coefficient (Wildman–Crippen LogP) is 3.78. The summed E-state index contributed by atoms with van der Waals surface area (Å²) in [7, 11) is 0. The van der Waals surface area contributed by atoms with Gasteiger partial charge in [0.25, 0.3) is 0 Å². The number of anilines is 1. The number of hydrogen-bond acceptors (Lipinski definition) is 2. The van der Waals surface area contributed by atoms with Gasteiger partial charge in [-0.25, -0.2) is 4.39 Å². The molecule has 1 aromatic rings. The van der Waals surface area contributed by atoms with Crippen LogP contribution in [0.5, 0.6) is 0 Å². The molecule has 1 aliphatic rings. The second-order valence-electron chi connectivity index (χ2n) is 6.23. The lowest BCUT2D eigenvalue weighted by Gasteiger charge is -2.30. The van der Waals surface area contributed by atoms with Gasteiger partial charge in [0.1, 0.15) is 5.82 Å². The van der Waals surface area contributed by atoms with E-state index in [9.17, 15) is 4.39 Å². The molecule has 0 aromatic heterocycles. The van der Waals surface area contributed by atoms with Gasteiger partial charge in [-0.1, -0.05) is 13.8 Å². The van der Waals surface area contributed by atoms with Crippen LogP contribution in [0.4, 0.5) is 10.1 Å². The van der Waals surface area contributed by atoms with Gasteiger partial charge in [0.05, 0.1) is 0 Å². The molecule has 2 nitrogen and oxygen atoms in total. The molecule has 0 amide bonds. The van der Waals surface area contributed by atoms with Crippen molar-refractivity contribution in [2.24, 2.45) is 11.7 Å². The van der Waals surface area contributed by atoms with E-state index in [-0.39, 0.29) is 11.9 Å². The minimum atomic E-state index is -0.156. The Morgan fingerprint density at radius 3 is 2.42 bits per heavy atom. The van der Waals surface area contributed by atoms with Crippen LogP contribution in [-0.4, -0.2) is 12.6 Å². The van der Waals surface area contributed by atoms with Crippen LogP contribution in [0.2, 0.25) is 0 Å². The van der Waals surface area contributed by atoms with Crippen molar-refractivity contribution in [3.8, 4) is 0 Å². The Labute approximate surface area is 115 Å². The first-order valence-corrected chi connectivity index (χ1v) is 7.22. The average molecular weight is 264 g/mol. The third kappa shape index (κ3) is 3.27. The Balaban J connectivity index is 2.42. The van der Waals surface area contributed by atoms with Gasteiger partial charge in [-0.05, 0) is 55.9 Å². The van der Waals surface area contributed by atoms with E-state index in [2.05, 4.69) is 18.7 Å². The molecule has 0 radical (unpaired) electrons. The number of nitrogens with two attached hydrogens (primary N) is 1. The summed E-state index contributed by atoms with van der Waals surface area (Å²) < 4.78 is 13.8. The lowest BCUT2D eigenvalue weighted by molar-refractivity contribution is 0.595. The van der Waals surface area contributed by atoms with E-state index in [1.807, 2.05) is 19.9 Å². The van der Waals surface area contributed by atoms with Crippen molar-refractivity contribution in [1.82, 2.24) is 0 Å². The van der Waals surface area contributed by atoms with E-state index in [1.54, 1.807) is 6.07 Å². The zero-order valence-electron chi connectivity index (χ0n) is 12.4. The number of hydrogen-bond donors (Lipinski definition) is 1. The molecular formula is C16H25FN2. The Bertz CT molecular complexity index is 450. The summed E-state index contributed by atoms with van der Waals surface area (Å²) in [5.74, 6) is 0.434. The minimum Gasteiger partial charge on any atom is -0.368 e. The molecule has 1 atom stereocenters. The maximum absolute atomic E-state index is 13.8. The standard InChI is InChI=1S/C16H25FN2/c1-10(2)9-19(13-5-6-13)16-7-11(3)15(17)8-14(16)12(4)18/h7-8,10,12-13H,5-6,9,18H2,1-4H3. The van der Waals surface area contributed by atoms with Gasteiger partial charge >= 0.3 is 0 Å². The topological polar surface area (TPSA) is 29.3 Å². The van der Waals surface area contributed by atoms with Crippen molar-refractivity contribution in [1.29, 1.82) is 0 Å². The van der Waals surface area contributed by atoms with E-state index >= 15 is 0 Å². The molecule has 3 heteroatoms. The fourth-order valence-corrected chi connectivity index (χ4v) is 2.52. The highest BCUT2D eigenvalue weighted by Crippen LogP contribution is 2.37. The smallest absolute Gasteiger partial charge is 0.126 e. The Morgan fingerprint density at radius 2 is 1.95 bits per heavy atom. The van der Waals surface area contributed by atoms with Crippen molar-refractivity contribution in [3.63, 3.8) is 0 Å². The van der Waals surface area contributed by atoms with Crippen molar-refractivity contribution >= 4 is 5.69 Å². The monoisotopic (exact) mass is 264 g/mol. The first-order valence-electron chi connectivity index (χ1n) is 7.22. The molecule has 106 valence electrons. The van der Waals surface area contributed by atoms with Gasteiger partial charge in [0, 0.05) is 24.3 Å². The highest BCUT2D eigenvalue weighted by atomic mass is 19.1. The molecule has 2 rings (SSSR count). The van der Waals surface area contributed by atoms with Crippen LogP contribution in [0.3, 0.4) is 0 Å². The van der Waals surface area contributed by atoms with Crippen LogP contribution >= 0.6 is 0 Å². The Kier molecular flexibility index (Phi) is 4.14. The summed E-state index contributed by atoms with van der Waals surface area (Å²) in [6.45, 7) is 9.20. The first-order chi connectivity index (χ1) is 8.90. The maximum Gasteiger partial charge on any atom is 0.126 e. The number of benzene rings is 1. The summed E-state index contributed by atoms with van der Waals surface area (Å²) in [6, 6.07) is 4.06. The fraction of sp³-hybridized carbons (Fsp3) is 0.625. The molecule has 1 aliphatic carbocycles. The van der Waals surface area contributed by atoms with Crippen LogP contribution in [0.1, 0.15) is 50.8 Å². The highest BCUT2D eigenvalue weighted by Gasteiger charge is 2.31. The summed E-state index contributed by atoms with van der Waals surface area (Å²) in [5, 5.41) is 0. The summed E-state index contributed by atoms with van der Waals surface area (Å²) >= 11 is 0. The fourth-order valence-electron chi connectivity index (χ4n) is 2.52. The van der Waals surface area contributed by atoms with E-state index in [0.29, 0.717) is 17.5 Å². The molecule has 0 bridgehead atoms. The van der Waals surface area contributed by atoms with Gasteiger partial charge < -0.3 is 10.6 Å². The first kappa shape index (κ1) is 14.3. The van der Waals surface area contributed by atoms with E-state index in [4.69, 9.17) is 5.73 Å². The van der Waals surface area contributed by atoms with Crippen molar-refractivity contribution in [2.45, 2.75) is 52.6 Å². The molecule has 1 aromatic carbocycles. The second-order valence-corrected chi connectivity index (χ2v) is 6.23. The molecule has 1 unspecified atom stereocenters. The van der Waals surface area contributed by atoms with Gasteiger partial charge in [0.15, 0.2) is 0 Å². The lowest BCUT2D eigenvalue weighted by atomic mass is 10.0. The van der Waals surface area contributed by atoms with Gasteiger partial charge in [-0.2, -0.15) is 0 Å². The van der Waals surface area contributed by atoms with Crippen molar-refractivity contribution < 1.29 is 4.39 Å². The van der Waals surface area contributed by atoms with Gasteiger partial charge in [0.2, 0.25) is 0 Å². The largest absolute Gasteiger partial charge is 0.368 e. The lowest BCUT2D eigenvalue weighted by Crippen LogP contribution is -2.31. The van der Waals surface area contributed by atoms with Crippen molar-refractivity contribution in [3.05, 3.63) is 29.1 Å². The quantitative estimate of drug-likeness (QED) is 0.877. The predicted molar refractivity (Wildman–Crippen MR) is 78.9 cm³/mol. The summed E-state index contributed by atoms with van der Waals surface area (Å²) in [6.07, 6.45) is 2.48. The molecule has 0 heterocycles. The number of aryl methyl sites for hydroxylation is 1. The van der Waals surface area contributed by atoms with Crippen LogP contribution < -0.4 is 10.6 Å².